The number of hydrogen-bond donors (Lipinski definition) is 1. The van der Waals surface area contributed by atoms with Crippen molar-refractivity contribution in [2.24, 2.45) is 0 Å². The molecule has 0 bridgehead atoms. The van der Waals surface area contributed by atoms with Crippen molar-refractivity contribution in [3.05, 3.63) is 65.4 Å². The second-order valence-electron chi connectivity index (χ2n) is 6.62. The van der Waals surface area contributed by atoms with Crippen molar-refractivity contribution >= 4 is 22.9 Å². The second-order valence-corrected chi connectivity index (χ2v) is 7.65. The summed E-state index contributed by atoms with van der Waals surface area (Å²) < 4.78 is 5.38. The molecule has 0 saturated carbocycles. The van der Waals surface area contributed by atoms with E-state index in [1.807, 2.05) is 24.3 Å². The van der Waals surface area contributed by atoms with Crippen LogP contribution in [0.3, 0.4) is 0 Å². The predicted molar refractivity (Wildman–Crippen MR) is 111 cm³/mol. The highest BCUT2D eigenvalue weighted by atomic mass is 32.1. The molecule has 0 unspecified atom stereocenters. The van der Waals surface area contributed by atoms with Gasteiger partial charge in [0.15, 0.2) is 0 Å². The molecule has 4 rings (SSSR count). The number of aromatic nitrogens is 2. The number of amides is 1. The molecule has 1 aliphatic rings. The van der Waals surface area contributed by atoms with Gasteiger partial charge in [-0.1, -0.05) is 12.1 Å². The average molecular weight is 394 g/mol. The van der Waals surface area contributed by atoms with E-state index in [0.29, 0.717) is 4.88 Å². The molecule has 1 amide bonds. The van der Waals surface area contributed by atoms with E-state index < -0.39 is 0 Å². The van der Waals surface area contributed by atoms with E-state index in [9.17, 15) is 4.79 Å². The normalized spacial score (nSPS) is 14.7. The minimum Gasteiger partial charge on any atom is -0.379 e. The highest BCUT2D eigenvalue weighted by molar-refractivity contribution is 7.17. The van der Waals surface area contributed by atoms with Gasteiger partial charge < -0.3 is 10.1 Å². The van der Waals surface area contributed by atoms with Gasteiger partial charge in [-0.15, -0.1) is 11.3 Å². The Morgan fingerprint density at radius 3 is 2.61 bits per heavy atom. The van der Waals surface area contributed by atoms with Crippen LogP contribution in [0.2, 0.25) is 0 Å². The number of morpholine rings is 1. The lowest BCUT2D eigenvalue weighted by Gasteiger charge is -2.26. The van der Waals surface area contributed by atoms with E-state index >= 15 is 0 Å². The van der Waals surface area contributed by atoms with Gasteiger partial charge in [-0.3, -0.25) is 14.7 Å². The molecule has 1 fully saturated rings. The van der Waals surface area contributed by atoms with Crippen LogP contribution in [0.4, 0.5) is 5.69 Å². The first-order valence-corrected chi connectivity index (χ1v) is 10.2. The van der Waals surface area contributed by atoms with Crippen LogP contribution in [0.25, 0.3) is 10.6 Å². The van der Waals surface area contributed by atoms with Crippen LogP contribution >= 0.6 is 11.3 Å². The van der Waals surface area contributed by atoms with Gasteiger partial charge in [0.1, 0.15) is 9.88 Å². The fraction of sp³-hybridized carbons (Fsp3) is 0.286. The number of hydrogen-bond acceptors (Lipinski definition) is 6. The molecule has 1 N–H and O–H groups in total. The zero-order valence-corrected chi connectivity index (χ0v) is 16.3. The highest BCUT2D eigenvalue weighted by Crippen LogP contribution is 2.25. The van der Waals surface area contributed by atoms with Gasteiger partial charge in [-0.25, -0.2) is 4.98 Å². The van der Waals surface area contributed by atoms with Gasteiger partial charge in [0.2, 0.25) is 0 Å². The number of benzene rings is 1. The molecule has 6 nitrogen and oxygen atoms in total. The smallest absolute Gasteiger partial charge is 0.267 e. The third kappa shape index (κ3) is 4.81. The Morgan fingerprint density at radius 2 is 1.86 bits per heavy atom. The van der Waals surface area contributed by atoms with Crippen molar-refractivity contribution in [2.75, 3.05) is 38.2 Å². The van der Waals surface area contributed by atoms with Crippen molar-refractivity contribution in [3.8, 4) is 10.6 Å². The van der Waals surface area contributed by atoms with Crippen molar-refractivity contribution in [3.63, 3.8) is 0 Å². The van der Waals surface area contributed by atoms with Crippen LogP contribution in [0, 0.1) is 0 Å². The molecule has 1 aromatic carbocycles. The summed E-state index contributed by atoms with van der Waals surface area (Å²) in [5, 5.41) is 3.76. The van der Waals surface area contributed by atoms with Gasteiger partial charge in [-0.2, -0.15) is 0 Å². The number of pyridine rings is 1. The lowest BCUT2D eigenvalue weighted by Crippen LogP contribution is -2.37. The number of anilines is 1. The summed E-state index contributed by atoms with van der Waals surface area (Å²) in [5.41, 5.74) is 3.02. The number of rotatable bonds is 6. The lowest BCUT2D eigenvalue weighted by atomic mass is 10.1. The summed E-state index contributed by atoms with van der Waals surface area (Å²) >= 11 is 1.37. The summed E-state index contributed by atoms with van der Waals surface area (Å²) in [6.07, 6.45) is 6.05. The minimum atomic E-state index is -0.140. The molecule has 7 heteroatoms. The number of nitrogens with zero attached hydrogens (tertiary/aromatic N) is 3. The van der Waals surface area contributed by atoms with E-state index in [4.69, 9.17) is 4.74 Å². The maximum absolute atomic E-state index is 12.5. The standard InChI is InChI=1S/C21H22N4O2S/c26-20(19-15-23-21(28-19)17-5-8-22-9-6-17)24-18-3-1-16(2-4-18)7-10-25-11-13-27-14-12-25/h1-6,8-9,15H,7,10-14H2,(H,24,26). The van der Waals surface area contributed by atoms with Crippen LogP contribution in [-0.2, 0) is 11.2 Å². The van der Waals surface area contributed by atoms with Crippen LogP contribution in [0.1, 0.15) is 15.2 Å². The maximum Gasteiger partial charge on any atom is 0.267 e. The van der Waals surface area contributed by atoms with Gasteiger partial charge in [0.05, 0.1) is 19.4 Å². The van der Waals surface area contributed by atoms with Crippen LogP contribution in [0.5, 0.6) is 0 Å². The fourth-order valence-corrected chi connectivity index (χ4v) is 3.88. The molecule has 1 aliphatic heterocycles. The molecule has 2 aromatic heterocycles. The second kappa shape index (κ2) is 9.05. The third-order valence-corrected chi connectivity index (χ3v) is 5.73. The van der Waals surface area contributed by atoms with Crippen molar-refractivity contribution in [2.45, 2.75) is 6.42 Å². The minimum absolute atomic E-state index is 0.140. The maximum atomic E-state index is 12.5. The monoisotopic (exact) mass is 394 g/mol. The molecule has 0 spiro atoms. The SMILES string of the molecule is O=C(Nc1ccc(CCN2CCOCC2)cc1)c1cnc(-c2ccncc2)s1. The molecule has 0 radical (unpaired) electrons. The van der Waals surface area contributed by atoms with E-state index in [2.05, 4.69) is 32.3 Å². The molecule has 28 heavy (non-hydrogen) atoms. The quantitative estimate of drug-likeness (QED) is 0.695. The number of nitrogens with one attached hydrogen (secondary N) is 1. The Bertz CT molecular complexity index is 906. The molecule has 3 heterocycles. The Hall–Kier alpha value is -2.61. The molecule has 1 saturated heterocycles. The molecule has 0 atom stereocenters. The summed E-state index contributed by atoms with van der Waals surface area (Å²) in [6, 6.07) is 11.8. The van der Waals surface area contributed by atoms with Crippen molar-refractivity contribution in [1.82, 2.24) is 14.9 Å². The largest absolute Gasteiger partial charge is 0.379 e. The average Bonchev–Trinajstić information content (AvgIpc) is 3.25. The first-order chi connectivity index (χ1) is 13.8. The zero-order chi connectivity index (χ0) is 19.2. The summed E-state index contributed by atoms with van der Waals surface area (Å²) in [4.78, 5) is 23.9. The van der Waals surface area contributed by atoms with E-state index in [-0.39, 0.29) is 5.91 Å². The van der Waals surface area contributed by atoms with Gasteiger partial charge in [0, 0.05) is 43.3 Å². The highest BCUT2D eigenvalue weighted by Gasteiger charge is 2.13. The van der Waals surface area contributed by atoms with Crippen molar-refractivity contribution in [1.29, 1.82) is 0 Å². The number of ether oxygens (including phenoxy) is 1. The van der Waals surface area contributed by atoms with Crippen molar-refractivity contribution < 1.29 is 9.53 Å². The molecular formula is C21H22N4O2S. The fourth-order valence-electron chi connectivity index (χ4n) is 3.07. The topological polar surface area (TPSA) is 67.4 Å². The van der Waals surface area contributed by atoms with Gasteiger partial charge in [-0.05, 0) is 36.2 Å². The Kier molecular flexibility index (Phi) is 6.06. The third-order valence-electron chi connectivity index (χ3n) is 4.69. The van der Waals surface area contributed by atoms with E-state index in [1.165, 1.54) is 16.9 Å². The Labute approximate surface area is 168 Å². The molecule has 0 aliphatic carbocycles. The zero-order valence-electron chi connectivity index (χ0n) is 15.5. The first kappa shape index (κ1) is 18.7. The summed E-state index contributed by atoms with van der Waals surface area (Å²) in [7, 11) is 0. The number of thiazole rings is 1. The predicted octanol–water partition coefficient (Wildman–Crippen LogP) is 3.33. The van der Waals surface area contributed by atoms with Gasteiger partial charge >= 0.3 is 0 Å². The van der Waals surface area contributed by atoms with Crippen LogP contribution in [-0.4, -0.2) is 53.6 Å². The molecule has 144 valence electrons. The lowest BCUT2D eigenvalue weighted by molar-refractivity contribution is 0.0384. The van der Waals surface area contributed by atoms with Gasteiger partial charge in [0.25, 0.3) is 5.91 Å². The number of carbonyl (C=O) groups excluding carboxylic acids is 1. The Morgan fingerprint density at radius 1 is 1.11 bits per heavy atom. The van der Waals surface area contributed by atoms with Crippen LogP contribution < -0.4 is 5.32 Å². The summed E-state index contributed by atoms with van der Waals surface area (Å²) in [6.45, 7) is 4.69. The first-order valence-electron chi connectivity index (χ1n) is 9.34. The van der Waals surface area contributed by atoms with E-state index in [1.54, 1.807) is 18.6 Å². The Balaban J connectivity index is 1.32. The summed E-state index contributed by atoms with van der Waals surface area (Å²) in [5.74, 6) is -0.140. The molecule has 3 aromatic rings. The number of carbonyl (C=O) groups is 1. The van der Waals surface area contributed by atoms with E-state index in [0.717, 1.165) is 55.5 Å². The van der Waals surface area contributed by atoms with Crippen LogP contribution in [0.15, 0.2) is 55.0 Å². The molecular weight excluding hydrogens is 372 g/mol.